The van der Waals surface area contributed by atoms with Gasteiger partial charge in [-0.15, -0.1) is 21.5 Å². The standard InChI is InChI=1S/C23H31N5O2S2/c1-4-15-7-8-17-18(11-24)22(32-19(17)10-15)25-20(29)13-31-23-27-26-21(14(2)3)28(23)12-16-6-5-9-30-16/h14-16H,4-10,12-13H2,1-3H3,(H,25,29). The van der Waals surface area contributed by atoms with Crippen molar-refractivity contribution in [1.29, 1.82) is 5.26 Å². The van der Waals surface area contributed by atoms with Crippen molar-refractivity contribution in [2.24, 2.45) is 5.92 Å². The number of hydrogen-bond donors (Lipinski definition) is 1. The van der Waals surface area contributed by atoms with Gasteiger partial charge in [-0.3, -0.25) is 4.79 Å². The van der Waals surface area contributed by atoms with Crippen LogP contribution in [0.25, 0.3) is 0 Å². The topological polar surface area (TPSA) is 92.8 Å². The van der Waals surface area contributed by atoms with Crippen LogP contribution in [-0.2, 0) is 28.9 Å². The van der Waals surface area contributed by atoms with Gasteiger partial charge in [0, 0.05) is 17.4 Å². The monoisotopic (exact) mass is 473 g/mol. The van der Waals surface area contributed by atoms with Crippen LogP contribution in [0.15, 0.2) is 5.16 Å². The second-order valence-corrected chi connectivity index (χ2v) is 11.0. The predicted molar refractivity (Wildman–Crippen MR) is 127 cm³/mol. The van der Waals surface area contributed by atoms with E-state index in [0.717, 1.165) is 68.2 Å². The van der Waals surface area contributed by atoms with Crippen molar-refractivity contribution < 1.29 is 9.53 Å². The van der Waals surface area contributed by atoms with E-state index in [2.05, 4.69) is 46.9 Å². The molecule has 2 atom stereocenters. The van der Waals surface area contributed by atoms with Crippen LogP contribution in [0.1, 0.15) is 74.2 Å². The molecule has 172 valence electrons. The molecular formula is C23H31N5O2S2. The van der Waals surface area contributed by atoms with Crippen molar-refractivity contribution in [1.82, 2.24) is 14.8 Å². The van der Waals surface area contributed by atoms with Gasteiger partial charge < -0.3 is 14.6 Å². The number of aromatic nitrogens is 3. The maximum absolute atomic E-state index is 12.8. The number of amides is 1. The van der Waals surface area contributed by atoms with Crippen LogP contribution in [0.3, 0.4) is 0 Å². The minimum absolute atomic E-state index is 0.116. The van der Waals surface area contributed by atoms with Gasteiger partial charge in [-0.05, 0) is 43.6 Å². The molecule has 0 radical (unpaired) electrons. The van der Waals surface area contributed by atoms with Crippen molar-refractivity contribution in [3.05, 3.63) is 21.8 Å². The van der Waals surface area contributed by atoms with Gasteiger partial charge in [0.15, 0.2) is 5.16 Å². The molecule has 0 spiro atoms. The SMILES string of the molecule is CCC1CCc2c(sc(NC(=O)CSc3nnc(C(C)C)n3CC3CCCO3)c2C#N)C1. The average Bonchev–Trinajstić information content (AvgIpc) is 3.50. The highest BCUT2D eigenvalue weighted by molar-refractivity contribution is 7.99. The van der Waals surface area contributed by atoms with Gasteiger partial charge in [0.1, 0.15) is 16.9 Å². The smallest absolute Gasteiger partial charge is 0.235 e. The molecule has 1 amide bonds. The van der Waals surface area contributed by atoms with Gasteiger partial charge in [-0.2, -0.15) is 5.26 Å². The molecule has 4 rings (SSSR count). The molecular weight excluding hydrogens is 442 g/mol. The summed E-state index contributed by atoms with van der Waals surface area (Å²) in [6.07, 6.45) is 6.53. The van der Waals surface area contributed by atoms with Gasteiger partial charge >= 0.3 is 0 Å². The van der Waals surface area contributed by atoms with E-state index >= 15 is 0 Å². The number of nitrogens with one attached hydrogen (secondary N) is 1. The quantitative estimate of drug-likeness (QED) is 0.556. The Morgan fingerprint density at radius 3 is 2.94 bits per heavy atom. The summed E-state index contributed by atoms with van der Waals surface area (Å²) < 4.78 is 7.91. The third-order valence-electron chi connectivity index (χ3n) is 6.31. The summed E-state index contributed by atoms with van der Waals surface area (Å²) in [4.78, 5) is 14.0. The van der Waals surface area contributed by atoms with Gasteiger partial charge in [-0.1, -0.05) is 39.0 Å². The second kappa shape index (κ2) is 10.4. The summed E-state index contributed by atoms with van der Waals surface area (Å²) in [6.45, 7) is 7.94. The first-order chi connectivity index (χ1) is 15.5. The van der Waals surface area contributed by atoms with Crippen molar-refractivity contribution in [3.8, 4) is 6.07 Å². The Morgan fingerprint density at radius 2 is 2.25 bits per heavy atom. The van der Waals surface area contributed by atoms with E-state index in [9.17, 15) is 10.1 Å². The summed E-state index contributed by atoms with van der Waals surface area (Å²) in [5, 5.41) is 22.9. The fourth-order valence-corrected chi connectivity index (χ4v) is 6.58. The number of carbonyl (C=O) groups is 1. The summed E-state index contributed by atoms with van der Waals surface area (Å²) in [5.41, 5.74) is 1.80. The zero-order valence-corrected chi connectivity index (χ0v) is 20.7. The van der Waals surface area contributed by atoms with E-state index in [1.807, 2.05) is 0 Å². The van der Waals surface area contributed by atoms with Crippen LogP contribution in [0.5, 0.6) is 0 Å². The van der Waals surface area contributed by atoms with Gasteiger partial charge in [0.05, 0.1) is 24.0 Å². The van der Waals surface area contributed by atoms with E-state index < -0.39 is 0 Å². The third kappa shape index (κ3) is 5.03. The molecule has 0 saturated carbocycles. The lowest BCUT2D eigenvalue weighted by Gasteiger charge is -2.20. The van der Waals surface area contributed by atoms with E-state index in [1.165, 1.54) is 16.6 Å². The molecule has 1 saturated heterocycles. The summed E-state index contributed by atoms with van der Waals surface area (Å²) in [7, 11) is 0. The normalized spacial score (nSPS) is 20.3. The Bertz CT molecular complexity index is 1000. The maximum atomic E-state index is 12.8. The van der Waals surface area contributed by atoms with E-state index in [-0.39, 0.29) is 23.7 Å². The minimum atomic E-state index is -0.116. The number of anilines is 1. The second-order valence-electron chi connectivity index (χ2n) is 8.91. The highest BCUT2D eigenvalue weighted by Gasteiger charge is 2.26. The number of fused-ring (bicyclic) bond motifs is 1. The highest BCUT2D eigenvalue weighted by Crippen LogP contribution is 2.40. The molecule has 7 nitrogen and oxygen atoms in total. The number of carbonyl (C=O) groups excluding carboxylic acids is 1. The molecule has 2 unspecified atom stereocenters. The summed E-state index contributed by atoms with van der Waals surface area (Å²) >= 11 is 2.97. The number of thiophene rings is 1. The van der Waals surface area contributed by atoms with Crippen molar-refractivity contribution in [3.63, 3.8) is 0 Å². The molecule has 2 aromatic rings. The zero-order valence-electron chi connectivity index (χ0n) is 19.0. The Morgan fingerprint density at radius 1 is 1.41 bits per heavy atom. The molecule has 3 heterocycles. The fourth-order valence-electron chi connectivity index (χ4n) is 4.50. The molecule has 2 aliphatic rings. The lowest BCUT2D eigenvalue weighted by molar-refractivity contribution is -0.113. The van der Waals surface area contributed by atoms with Crippen LogP contribution in [0, 0.1) is 17.2 Å². The number of hydrogen-bond acceptors (Lipinski definition) is 7. The predicted octanol–water partition coefficient (Wildman–Crippen LogP) is 4.76. The minimum Gasteiger partial charge on any atom is -0.376 e. The van der Waals surface area contributed by atoms with Crippen LogP contribution >= 0.6 is 23.1 Å². The number of thioether (sulfide) groups is 1. The molecule has 1 fully saturated rings. The van der Waals surface area contributed by atoms with Gasteiger partial charge in [0.2, 0.25) is 5.91 Å². The first kappa shape index (κ1) is 23.3. The molecule has 1 aliphatic carbocycles. The summed E-state index contributed by atoms with van der Waals surface area (Å²) in [6, 6.07) is 2.33. The Labute approximate surface area is 197 Å². The van der Waals surface area contributed by atoms with Crippen molar-refractivity contribution in [2.75, 3.05) is 17.7 Å². The first-order valence-corrected chi connectivity index (χ1v) is 13.3. The zero-order chi connectivity index (χ0) is 22.7. The van der Waals surface area contributed by atoms with Crippen molar-refractivity contribution >= 4 is 34.0 Å². The molecule has 2 aromatic heterocycles. The summed E-state index contributed by atoms with van der Waals surface area (Å²) in [5.74, 6) is 1.96. The van der Waals surface area contributed by atoms with Crippen molar-refractivity contribution in [2.45, 2.75) is 83.0 Å². The van der Waals surface area contributed by atoms with Crippen LogP contribution in [-0.4, -0.2) is 39.1 Å². The van der Waals surface area contributed by atoms with Crippen LogP contribution < -0.4 is 5.32 Å². The molecule has 0 aromatic carbocycles. The van der Waals surface area contributed by atoms with Crippen LogP contribution in [0.4, 0.5) is 5.00 Å². The van der Waals surface area contributed by atoms with E-state index in [0.29, 0.717) is 16.5 Å². The number of nitrogens with zero attached hydrogens (tertiary/aromatic N) is 4. The molecule has 32 heavy (non-hydrogen) atoms. The van der Waals surface area contributed by atoms with Gasteiger partial charge in [-0.25, -0.2) is 0 Å². The maximum Gasteiger partial charge on any atom is 0.235 e. The fraction of sp³-hybridized carbons (Fsp3) is 0.652. The first-order valence-electron chi connectivity index (χ1n) is 11.5. The number of rotatable bonds is 8. The number of ether oxygens (including phenoxy) is 1. The molecule has 0 bridgehead atoms. The van der Waals surface area contributed by atoms with Gasteiger partial charge in [0.25, 0.3) is 0 Å². The molecule has 9 heteroatoms. The molecule has 1 N–H and O–H groups in total. The highest BCUT2D eigenvalue weighted by atomic mass is 32.2. The van der Waals surface area contributed by atoms with E-state index in [1.54, 1.807) is 11.3 Å². The Hall–Kier alpha value is -1.89. The lowest BCUT2D eigenvalue weighted by Crippen LogP contribution is -2.19. The third-order valence-corrected chi connectivity index (χ3v) is 8.45. The lowest BCUT2D eigenvalue weighted by atomic mass is 9.86. The largest absolute Gasteiger partial charge is 0.376 e. The van der Waals surface area contributed by atoms with E-state index in [4.69, 9.17) is 4.74 Å². The number of nitriles is 1. The Kier molecular flexibility index (Phi) is 7.54. The molecule has 1 aliphatic heterocycles. The average molecular weight is 474 g/mol. The van der Waals surface area contributed by atoms with Crippen LogP contribution in [0.2, 0.25) is 0 Å². The Balaban J connectivity index is 1.43.